The second kappa shape index (κ2) is 5.83. The van der Waals surface area contributed by atoms with E-state index < -0.39 is 17.0 Å². The van der Waals surface area contributed by atoms with Crippen molar-refractivity contribution in [3.8, 4) is 0 Å². The van der Waals surface area contributed by atoms with E-state index in [1.165, 1.54) is 0 Å². The maximum atomic E-state index is 12.4. The van der Waals surface area contributed by atoms with Crippen molar-refractivity contribution in [1.29, 1.82) is 0 Å². The number of hydrogen-bond acceptors (Lipinski definition) is 3. The van der Waals surface area contributed by atoms with Crippen LogP contribution in [0.4, 0.5) is 4.79 Å². The van der Waals surface area contributed by atoms with Crippen molar-refractivity contribution in [2.24, 2.45) is 5.41 Å². The molecule has 0 spiro atoms. The molecule has 0 aromatic rings. The fourth-order valence-corrected chi connectivity index (χ4v) is 3.48. The lowest BCUT2D eigenvalue weighted by Crippen LogP contribution is -2.50. The van der Waals surface area contributed by atoms with Crippen molar-refractivity contribution in [1.82, 2.24) is 9.80 Å². The molecule has 2 saturated heterocycles. The SMILES string of the molecule is CCCC1(C(=O)O)CCN(C(=O)N2CCC(C)(O)C2)CC1. The van der Waals surface area contributed by atoms with Crippen LogP contribution in [0.1, 0.15) is 46.0 Å². The summed E-state index contributed by atoms with van der Waals surface area (Å²) in [6, 6.07) is -0.0664. The molecule has 2 rings (SSSR count). The van der Waals surface area contributed by atoms with Crippen molar-refractivity contribution < 1.29 is 19.8 Å². The van der Waals surface area contributed by atoms with E-state index in [1.807, 2.05) is 6.92 Å². The first-order valence-electron chi connectivity index (χ1n) is 7.79. The Morgan fingerprint density at radius 2 is 1.67 bits per heavy atom. The van der Waals surface area contributed by atoms with E-state index in [0.29, 0.717) is 51.9 Å². The van der Waals surface area contributed by atoms with Gasteiger partial charge in [-0.1, -0.05) is 13.3 Å². The highest BCUT2D eigenvalue weighted by Gasteiger charge is 2.43. The third-order valence-corrected chi connectivity index (χ3v) is 4.90. The third kappa shape index (κ3) is 3.31. The molecule has 0 aromatic carbocycles. The van der Waals surface area contributed by atoms with Crippen molar-refractivity contribution in [2.75, 3.05) is 26.2 Å². The molecule has 2 amide bonds. The Hall–Kier alpha value is -1.30. The number of urea groups is 1. The first kappa shape index (κ1) is 16.1. The Morgan fingerprint density at radius 3 is 2.10 bits per heavy atom. The summed E-state index contributed by atoms with van der Waals surface area (Å²) >= 11 is 0. The predicted octanol–water partition coefficient (Wildman–Crippen LogP) is 1.53. The molecule has 6 heteroatoms. The van der Waals surface area contributed by atoms with Crippen LogP contribution in [0.2, 0.25) is 0 Å². The lowest BCUT2D eigenvalue weighted by molar-refractivity contribution is -0.152. The van der Waals surface area contributed by atoms with Gasteiger partial charge < -0.3 is 20.0 Å². The summed E-state index contributed by atoms with van der Waals surface area (Å²) in [5, 5.41) is 19.4. The number of carbonyl (C=O) groups is 2. The van der Waals surface area contributed by atoms with E-state index in [-0.39, 0.29) is 6.03 Å². The average molecular weight is 298 g/mol. The van der Waals surface area contributed by atoms with Crippen LogP contribution in [0.3, 0.4) is 0 Å². The smallest absolute Gasteiger partial charge is 0.320 e. The van der Waals surface area contributed by atoms with Gasteiger partial charge in [-0.15, -0.1) is 0 Å². The quantitative estimate of drug-likeness (QED) is 0.828. The summed E-state index contributed by atoms with van der Waals surface area (Å²) in [6.07, 6.45) is 3.15. The van der Waals surface area contributed by atoms with Crippen molar-refractivity contribution in [2.45, 2.75) is 51.6 Å². The molecule has 0 bridgehead atoms. The number of aliphatic carboxylic acids is 1. The fraction of sp³-hybridized carbons (Fsp3) is 0.867. The summed E-state index contributed by atoms with van der Waals surface area (Å²) in [6.45, 7) is 5.65. The van der Waals surface area contributed by atoms with Gasteiger partial charge in [0.05, 0.1) is 17.6 Å². The zero-order valence-corrected chi connectivity index (χ0v) is 13.0. The van der Waals surface area contributed by atoms with E-state index in [9.17, 15) is 19.8 Å². The molecule has 6 nitrogen and oxygen atoms in total. The Bertz CT molecular complexity index is 414. The highest BCUT2D eigenvalue weighted by Crippen LogP contribution is 2.37. The number of piperidine rings is 1. The van der Waals surface area contributed by atoms with Crippen molar-refractivity contribution in [3.05, 3.63) is 0 Å². The standard InChI is InChI=1S/C15H26N2O4/c1-3-4-15(12(18)19)6-9-16(10-7-15)13(20)17-8-5-14(2,21)11-17/h21H,3-11H2,1-2H3,(H,18,19). The summed E-state index contributed by atoms with van der Waals surface area (Å²) in [5.74, 6) is -0.736. The largest absolute Gasteiger partial charge is 0.481 e. The third-order valence-electron chi connectivity index (χ3n) is 4.90. The predicted molar refractivity (Wildman–Crippen MR) is 78.0 cm³/mol. The number of β-amino-alcohol motifs (C(OH)–C–C–N with tert-alkyl or cyclic N) is 1. The normalized spacial score (nSPS) is 28.7. The van der Waals surface area contributed by atoms with Crippen LogP contribution in [-0.4, -0.2) is 63.8 Å². The van der Waals surface area contributed by atoms with E-state index >= 15 is 0 Å². The minimum atomic E-state index is -0.793. The van der Waals surface area contributed by atoms with Gasteiger partial charge in [0.25, 0.3) is 0 Å². The van der Waals surface area contributed by atoms with Gasteiger partial charge in [-0.25, -0.2) is 4.79 Å². The monoisotopic (exact) mass is 298 g/mol. The number of likely N-dealkylation sites (tertiary alicyclic amines) is 2. The zero-order valence-electron chi connectivity index (χ0n) is 13.0. The van der Waals surface area contributed by atoms with Gasteiger partial charge in [-0.2, -0.15) is 0 Å². The minimum Gasteiger partial charge on any atom is -0.481 e. The molecule has 120 valence electrons. The molecule has 2 aliphatic heterocycles. The number of aliphatic hydroxyl groups is 1. The van der Waals surface area contributed by atoms with Crippen LogP contribution < -0.4 is 0 Å². The number of carbonyl (C=O) groups excluding carboxylic acids is 1. The maximum Gasteiger partial charge on any atom is 0.320 e. The van der Waals surface area contributed by atoms with E-state index in [4.69, 9.17) is 0 Å². The van der Waals surface area contributed by atoms with E-state index in [1.54, 1.807) is 16.7 Å². The Morgan fingerprint density at radius 1 is 1.10 bits per heavy atom. The highest BCUT2D eigenvalue weighted by molar-refractivity contribution is 5.77. The molecule has 1 atom stereocenters. The minimum absolute atomic E-state index is 0.0664. The number of carboxylic acid groups (broad SMARTS) is 1. The molecule has 2 N–H and O–H groups in total. The van der Waals surface area contributed by atoms with E-state index in [0.717, 1.165) is 6.42 Å². The lowest BCUT2D eigenvalue weighted by atomic mass is 9.75. The number of amides is 2. The first-order valence-corrected chi connectivity index (χ1v) is 7.79. The Balaban J connectivity index is 1.94. The number of hydrogen-bond donors (Lipinski definition) is 2. The molecule has 0 aromatic heterocycles. The Kier molecular flexibility index (Phi) is 4.46. The van der Waals surface area contributed by atoms with E-state index in [2.05, 4.69) is 0 Å². The van der Waals surface area contributed by atoms with Gasteiger partial charge in [0.1, 0.15) is 0 Å². The molecule has 0 aliphatic carbocycles. The van der Waals surface area contributed by atoms with Crippen LogP contribution >= 0.6 is 0 Å². The second-order valence-corrected chi connectivity index (χ2v) is 6.77. The van der Waals surface area contributed by atoms with Crippen molar-refractivity contribution in [3.63, 3.8) is 0 Å². The van der Waals surface area contributed by atoms with Crippen molar-refractivity contribution >= 4 is 12.0 Å². The van der Waals surface area contributed by atoms with Crippen LogP contribution in [0.25, 0.3) is 0 Å². The molecule has 2 heterocycles. The highest BCUT2D eigenvalue weighted by atomic mass is 16.4. The molecular weight excluding hydrogens is 272 g/mol. The molecule has 2 fully saturated rings. The van der Waals surface area contributed by atoms with Gasteiger partial charge in [0.2, 0.25) is 0 Å². The fourth-order valence-electron chi connectivity index (χ4n) is 3.48. The molecule has 21 heavy (non-hydrogen) atoms. The Labute approximate surface area is 125 Å². The van der Waals surface area contributed by atoms with Crippen LogP contribution in [-0.2, 0) is 4.79 Å². The topological polar surface area (TPSA) is 81.1 Å². The lowest BCUT2D eigenvalue weighted by Gasteiger charge is -2.40. The number of nitrogens with zero attached hydrogens (tertiary/aromatic N) is 2. The number of rotatable bonds is 3. The van der Waals surface area contributed by atoms with Gasteiger partial charge >= 0.3 is 12.0 Å². The number of carboxylic acids is 1. The summed E-state index contributed by atoms with van der Waals surface area (Å²) in [4.78, 5) is 27.4. The van der Waals surface area contributed by atoms with Gasteiger partial charge in [0, 0.05) is 19.6 Å². The van der Waals surface area contributed by atoms with Gasteiger partial charge in [0.15, 0.2) is 0 Å². The average Bonchev–Trinajstić information content (AvgIpc) is 2.79. The van der Waals surface area contributed by atoms with Crippen LogP contribution in [0.5, 0.6) is 0 Å². The maximum absolute atomic E-state index is 12.4. The molecule has 0 radical (unpaired) electrons. The van der Waals surface area contributed by atoms with Gasteiger partial charge in [-0.05, 0) is 32.6 Å². The summed E-state index contributed by atoms with van der Waals surface area (Å²) < 4.78 is 0. The first-order chi connectivity index (χ1) is 9.80. The molecule has 0 saturated carbocycles. The molecular formula is C15H26N2O4. The van der Waals surface area contributed by atoms with Gasteiger partial charge in [-0.3, -0.25) is 4.79 Å². The second-order valence-electron chi connectivity index (χ2n) is 6.77. The molecule has 2 aliphatic rings. The van der Waals surface area contributed by atoms with Crippen LogP contribution in [0.15, 0.2) is 0 Å². The molecule has 1 unspecified atom stereocenters. The zero-order chi connectivity index (χ0) is 15.7. The van der Waals surface area contributed by atoms with Crippen LogP contribution in [0, 0.1) is 5.41 Å². The summed E-state index contributed by atoms with van der Waals surface area (Å²) in [7, 11) is 0. The summed E-state index contributed by atoms with van der Waals surface area (Å²) in [5.41, 5.74) is -1.46.